The van der Waals surface area contributed by atoms with Crippen LogP contribution in [-0.2, 0) is 4.79 Å². The van der Waals surface area contributed by atoms with E-state index in [1.54, 1.807) is 31.4 Å². The van der Waals surface area contributed by atoms with Gasteiger partial charge in [-0.3, -0.25) is 9.59 Å². The van der Waals surface area contributed by atoms with Crippen molar-refractivity contribution >= 4 is 16.9 Å². The van der Waals surface area contributed by atoms with Crippen molar-refractivity contribution in [2.45, 2.75) is 32.6 Å². The Balaban J connectivity index is 1.93. The Morgan fingerprint density at radius 3 is 2.59 bits per heavy atom. The van der Waals surface area contributed by atoms with Crippen LogP contribution in [0.15, 0.2) is 45.8 Å². The van der Waals surface area contributed by atoms with Gasteiger partial charge in [0.25, 0.3) is 0 Å². The van der Waals surface area contributed by atoms with Crippen molar-refractivity contribution in [3.05, 3.63) is 52.4 Å². The van der Waals surface area contributed by atoms with E-state index in [9.17, 15) is 14.7 Å². The first-order chi connectivity index (χ1) is 13.9. The lowest BCUT2D eigenvalue weighted by atomic mass is 9.84. The Hall–Kier alpha value is -3.28. The number of rotatable bonds is 4. The molecule has 0 spiro atoms. The van der Waals surface area contributed by atoms with Gasteiger partial charge in [0.2, 0.25) is 5.43 Å². The Labute approximate surface area is 167 Å². The predicted molar refractivity (Wildman–Crippen MR) is 109 cm³/mol. The molecule has 6 nitrogen and oxygen atoms in total. The fourth-order valence-electron chi connectivity index (χ4n) is 3.96. The van der Waals surface area contributed by atoms with Crippen LogP contribution in [0.25, 0.3) is 22.1 Å². The minimum Gasteiger partial charge on any atom is -0.507 e. The molecular weight excluding hydrogens is 372 g/mol. The van der Waals surface area contributed by atoms with E-state index in [-0.39, 0.29) is 46.2 Å². The molecule has 1 aromatic heterocycles. The van der Waals surface area contributed by atoms with Gasteiger partial charge in [-0.15, -0.1) is 0 Å². The van der Waals surface area contributed by atoms with Gasteiger partial charge in [-0.25, -0.2) is 0 Å². The van der Waals surface area contributed by atoms with Crippen LogP contribution in [0, 0.1) is 5.92 Å². The minimum atomic E-state index is -0.348. The number of hydrogen-bond acceptors (Lipinski definition) is 6. The van der Waals surface area contributed by atoms with Gasteiger partial charge in [0.1, 0.15) is 34.5 Å². The summed E-state index contributed by atoms with van der Waals surface area (Å²) in [5.41, 5.74) is 1.61. The third-order valence-electron chi connectivity index (χ3n) is 5.23. The average molecular weight is 394 g/mol. The molecule has 29 heavy (non-hydrogen) atoms. The van der Waals surface area contributed by atoms with Crippen LogP contribution in [0.4, 0.5) is 0 Å². The SMILES string of the molecule is COc1ccc(-c2coc3c4c(cc(O)c3c2=O)OC(=O)C[C@@H]4CC(C)C)cc1. The molecule has 0 saturated carbocycles. The molecule has 1 aliphatic heterocycles. The molecule has 150 valence electrons. The van der Waals surface area contributed by atoms with Crippen molar-refractivity contribution in [2.24, 2.45) is 5.92 Å². The second-order valence-electron chi connectivity index (χ2n) is 7.72. The summed E-state index contributed by atoms with van der Waals surface area (Å²) in [5.74, 6) is 0.531. The first-order valence-electron chi connectivity index (χ1n) is 9.55. The first-order valence-corrected chi connectivity index (χ1v) is 9.55. The molecule has 0 amide bonds. The lowest BCUT2D eigenvalue weighted by Crippen LogP contribution is -2.22. The summed E-state index contributed by atoms with van der Waals surface area (Å²) in [6.07, 6.45) is 2.36. The fourth-order valence-corrected chi connectivity index (χ4v) is 3.96. The van der Waals surface area contributed by atoms with E-state index in [0.29, 0.717) is 28.4 Å². The zero-order valence-electron chi connectivity index (χ0n) is 16.5. The number of ether oxygens (including phenoxy) is 2. The molecule has 3 aromatic rings. The molecule has 0 bridgehead atoms. The van der Waals surface area contributed by atoms with Crippen LogP contribution in [0.2, 0.25) is 0 Å². The van der Waals surface area contributed by atoms with Gasteiger partial charge in [-0.05, 0) is 30.0 Å². The lowest BCUT2D eigenvalue weighted by Gasteiger charge is -2.26. The molecule has 0 radical (unpaired) electrons. The second kappa shape index (κ2) is 7.28. The molecule has 2 aromatic carbocycles. The van der Waals surface area contributed by atoms with E-state index in [1.165, 1.54) is 12.3 Å². The molecule has 1 atom stereocenters. The fraction of sp³-hybridized carbons (Fsp3) is 0.304. The summed E-state index contributed by atoms with van der Waals surface area (Å²) < 4.78 is 16.4. The van der Waals surface area contributed by atoms with Crippen LogP contribution in [0.1, 0.15) is 38.2 Å². The summed E-state index contributed by atoms with van der Waals surface area (Å²) in [7, 11) is 1.57. The van der Waals surface area contributed by atoms with Gasteiger partial charge in [-0.1, -0.05) is 26.0 Å². The van der Waals surface area contributed by atoms with E-state index in [4.69, 9.17) is 13.9 Å². The van der Waals surface area contributed by atoms with Gasteiger partial charge in [-0.2, -0.15) is 0 Å². The van der Waals surface area contributed by atoms with Gasteiger partial charge in [0.05, 0.1) is 19.1 Å². The maximum Gasteiger partial charge on any atom is 0.311 e. The summed E-state index contributed by atoms with van der Waals surface area (Å²) in [6, 6.07) is 8.37. The number of methoxy groups -OCH3 is 1. The smallest absolute Gasteiger partial charge is 0.311 e. The zero-order chi connectivity index (χ0) is 20.7. The summed E-state index contributed by atoms with van der Waals surface area (Å²) >= 11 is 0. The third-order valence-corrected chi connectivity index (χ3v) is 5.23. The molecule has 1 aliphatic rings. The molecule has 0 fully saturated rings. The van der Waals surface area contributed by atoms with Crippen molar-refractivity contribution in [1.29, 1.82) is 0 Å². The van der Waals surface area contributed by atoms with Gasteiger partial charge in [0.15, 0.2) is 0 Å². The molecule has 2 heterocycles. The summed E-state index contributed by atoms with van der Waals surface area (Å²) in [5, 5.41) is 10.6. The van der Waals surface area contributed by atoms with Crippen LogP contribution >= 0.6 is 0 Å². The highest BCUT2D eigenvalue weighted by Crippen LogP contribution is 2.45. The normalized spacial score (nSPS) is 16.0. The standard InChI is InChI=1S/C23H22O6/c1-12(2)8-14-9-19(25)29-18-10-17(24)21-22(26)16(11-28-23(21)20(14)18)13-4-6-15(27-3)7-5-13/h4-7,10-12,14,24H,8-9H2,1-3H3/t14-/m0/s1. The Kier molecular flexibility index (Phi) is 4.78. The number of esters is 1. The van der Waals surface area contributed by atoms with Gasteiger partial charge < -0.3 is 19.0 Å². The lowest BCUT2D eigenvalue weighted by molar-refractivity contribution is -0.136. The number of phenols is 1. The Bertz CT molecular complexity index is 1140. The molecule has 0 aliphatic carbocycles. The van der Waals surface area contributed by atoms with Crippen LogP contribution < -0.4 is 14.9 Å². The molecule has 1 N–H and O–H groups in total. The molecular formula is C23H22O6. The minimum absolute atomic E-state index is 0.101. The van der Waals surface area contributed by atoms with Crippen LogP contribution in [0.3, 0.4) is 0 Å². The van der Waals surface area contributed by atoms with Crippen molar-refractivity contribution < 1.29 is 23.8 Å². The highest BCUT2D eigenvalue weighted by atomic mass is 16.5. The van der Waals surface area contributed by atoms with E-state index < -0.39 is 0 Å². The molecule has 0 unspecified atom stereocenters. The van der Waals surface area contributed by atoms with Crippen LogP contribution in [0.5, 0.6) is 17.2 Å². The quantitative estimate of drug-likeness (QED) is 0.514. The maximum atomic E-state index is 13.2. The van der Waals surface area contributed by atoms with Crippen molar-refractivity contribution in [2.75, 3.05) is 7.11 Å². The Morgan fingerprint density at radius 1 is 1.21 bits per heavy atom. The third kappa shape index (κ3) is 3.35. The highest BCUT2D eigenvalue weighted by molar-refractivity contribution is 5.93. The monoisotopic (exact) mass is 394 g/mol. The highest BCUT2D eigenvalue weighted by Gasteiger charge is 2.32. The average Bonchev–Trinajstić information content (AvgIpc) is 2.67. The number of carbonyl (C=O) groups excluding carboxylic acids is 1. The number of phenolic OH excluding ortho intramolecular Hbond substituents is 1. The van der Waals surface area contributed by atoms with E-state index in [0.717, 1.165) is 6.42 Å². The zero-order valence-corrected chi connectivity index (χ0v) is 16.5. The maximum absolute atomic E-state index is 13.2. The van der Waals surface area contributed by atoms with Crippen molar-refractivity contribution in [3.8, 4) is 28.4 Å². The topological polar surface area (TPSA) is 86.0 Å². The number of aromatic hydroxyl groups is 1. The number of carbonyl (C=O) groups is 1. The second-order valence-corrected chi connectivity index (χ2v) is 7.72. The largest absolute Gasteiger partial charge is 0.507 e. The Morgan fingerprint density at radius 2 is 1.93 bits per heavy atom. The van der Waals surface area contributed by atoms with Gasteiger partial charge in [0, 0.05) is 17.5 Å². The van der Waals surface area contributed by atoms with Gasteiger partial charge >= 0.3 is 5.97 Å². The van der Waals surface area contributed by atoms with Crippen LogP contribution in [-0.4, -0.2) is 18.2 Å². The predicted octanol–water partition coefficient (Wildman–Crippen LogP) is 4.61. The van der Waals surface area contributed by atoms with E-state index in [2.05, 4.69) is 13.8 Å². The number of hydrogen-bond donors (Lipinski definition) is 1. The first kappa shape index (κ1) is 19.1. The van der Waals surface area contributed by atoms with E-state index in [1.807, 2.05) is 0 Å². The summed E-state index contributed by atoms with van der Waals surface area (Å²) in [4.78, 5) is 25.2. The molecule has 6 heteroatoms. The summed E-state index contributed by atoms with van der Waals surface area (Å²) in [6.45, 7) is 4.14. The van der Waals surface area contributed by atoms with Crippen molar-refractivity contribution in [3.63, 3.8) is 0 Å². The number of fused-ring (bicyclic) bond motifs is 3. The van der Waals surface area contributed by atoms with E-state index >= 15 is 0 Å². The molecule has 0 saturated heterocycles. The van der Waals surface area contributed by atoms with Crippen molar-refractivity contribution in [1.82, 2.24) is 0 Å². The molecule has 4 rings (SSSR count). The number of benzene rings is 2.